The molecule has 2 heterocycles. The third-order valence-corrected chi connectivity index (χ3v) is 5.06. The number of anilines is 1. The molecule has 0 atom stereocenters. The maximum atomic E-state index is 2.48. The van der Waals surface area contributed by atoms with Crippen LogP contribution in [0.25, 0.3) is 6.08 Å². The molecule has 0 radical (unpaired) electrons. The van der Waals surface area contributed by atoms with Crippen LogP contribution in [0.3, 0.4) is 0 Å². The van der Waals surface area contributed by atoms with E-state index < -0.39 is 0 Å². The van der Waals surface area contributed by atoms with Gasteiger partial charge in [-0.05, 0) is 54.3 Å². The van der Waals surface area contributed by atoms with Crippen LogP contribution in [-0.4, -0.2) is 36.5 Å². The van der Waals surface area contributed by atoms with Crippen molar-refractivity contribution in [2.24, 2.45) is 0 Å². The number of hydrogen-bond acceptors (Lipinski definition) is 1. The van der Waals surface area contributed by atoms with E-state index in [2.05, 4.69) is 64.1 Å². The van der Waals surface area contributed by atoms with Gasteiger partial charge in [-0.1, -0.05) is 12.1 Å². The Hall–Kier alpha value is -2.09. The van der Waals surface area contributed by atoms with Crippen molar-refractivity contribution in [3.63, 3.8) is 0 Å². The van der Waals surface area contributed by atoms with Crippen molar-refractivity contribution >= 4 is 17.5 Å². The maximum Gasteiger partial charge on any atom is 0.199 e. The predicted octanol–water partition coefficient (Wildman–Crippen LogP) is 4.04. The van der Waals surface area contributed by atoms with E-state index in [0.717, 1.165) is 0 Å². The van der Waals surface area contributed by atoms with Gasteiger partial charge in [0.25, 0.3) is 0 Å². The molecule has 2 nitrogen and oxygen atoms in total. The van der Waals surface area contributed by atoms with Gasteiger partial charge in [-0.3, -0.25) is 0 Å². The van der Waals surface area contributed by atoms with E-state index in [9.17, 15) is 0 Å². The van der Waals surface area contributed by atoms with E-state index in [1.54, 1.807) is 0 Å². The summed E-state index contributed by atoms with van der Waals surface area (Å²) >= 11 is 0. The fraction of sp³-hybridized carbons (Fsp3) is 0.381. The molecule has 118 valence electrons. The van der Waals surface area contributed by atoms with Crippen LogP contribution in [0, 0.1) is 0 Å². The van der Waals surface area contributed by atoms with Crippen molar-refractivity contribution in [2.45, 2.75) is 25.7 Å². The van der Waals surface area contributed by atoms with E-state index in [0.29, 0.717) is 0 Å². The fourth-order valence-corrected chi connectivity index (χ4v) is 3.71. The van der Waals surface area contributed by atoms with Gasteiger partial charge in [0.2, 0.25) is 0 Å². The minimum atomic E-state index is 1.21. The molecule has 0 spiro atoms. The number of benzene rings is 1. The molecule has 1 aromatic carbocycles. The fourth-order valence-electron chi connectivity index (χ4n) is 3.71. The van der Waals surface area contributed by atoms with Gasteiger partial charge >= 0.3 is 0 Å². The SMILES string of the molecule is C1=CC(=[N+]2CCCC2)C=CC1=Cc1ccc(N2CCCC2)cc1. The monoisotopic (exact) mass is 305 g/mol. The maximum absolute atomic E-state index is 2.48. The molecular formula is C21H25N2+. The zero-order chi connectivity index (χ0) is 15.5. The number of rotatable bonds is 2. The van der Waals surface area contributed by atoms with Crippen molar-refractivity contribution in [3.05, 3.63) is 59.7 Å². The molecule has 0 unspecified atom stereocenters. The molecule has 2 aliphatic heterocycles. The quantitative estimate of drug-likeness (QED) is 0.747. The molecule has 0 aromatic heterocycles. The molecule has 2 saturated heterocycles. The topological polar surface area (TPSA) is 6.25 Å². The van der Waals surface area contributed by atoms with Gasteiger partial charge in [-0.2, -0.15) is 0 Å². The molecular weight excluding hydrogens is 280 g/mol. The van der Waals surface area contributed by atoms with Crippen LogP contribution in [0.4, 0.5) is 5.69 Å². The third kappa shape index (κ3) is 3.31. The zero-order valence-corrected chi connectivity index (χ0v) is 13.7. The van der Waals surface area contributed by atoms with Crippen LogP contribution >= 0.6 is 0 Å². The Kier molecular flexibility index (Phi) is 4.14. The molecule has 23 heavy (non-hydrogen) atoms. The highest BCUT2D eigenvalue weighted by Gasteiger charge is 2.17. The van der Waals surface area contributed by atoms with Crippen LogP contribution in [0.1, 0.15) is 31.2 Å². The first-order chi connectivity index (χ1) is 11.4. The van der Waals surface area contributed by atoms with E-state index >= 15 is 0 Å². The van der Waals surface area contributed by atoms with Crippen LogP contribution < -0.4 is 4.90 Å². The van der Waals surface area contributed by atoms with Gasteiger partial charge in [0.05, 0.1) is 0 Å². The Morgan fingerprint density at radius 2 is 1.43 bits per heavy atom. The number of nitrogens with zero attached hydrogens (tertiary/aromatic N) is 2. The Balaban J connectivity index is 1.47. The minimum absolute atomic E-state index is 1.21. The van der Waals surface area contributed by atoms with E-state index in [1.807, 2.05) is 0 Å². The van der Waals surface area contributed by atoms with Crippen molar-refractivity contribution in [3.8, 4) is 0 Å². The van der Waals surface area contributed by atoms with Crippen molar-refractivity contribution < 1.29 is 4.58 Å². The van der Waals surface area contributed by atoms with Gasteiger partial charge in [-0.15, -0.1) is 0 Å². The molecule has 2 fully saturated rings. The lowest BCUT2D eigenvalue weighted by atomic mass is 10.0. The molecule has 1 aromatic rings. The predicted molar refractivity (Wildman–Crippen MR) is 98.4 cm³/mol. The summed E-state index contributed by atoms with van der Waals surface area (Å²) in [5, 5.41) is 0. The summed E-state index contributed by atoms with van der Waals surface area (Å²) in [5.74, 6) is 0. The first kappa shape index (κ1) is 14.5. The molecule has 0 N–H and O–H groups in total. The smallest absolute Gasteiger partial charge is 0.199 e. The molecule has 0 amide bonds. The number of allylic oxidation sites excluding steroid dienone is 5. The second-order valence-corrected chi connectivity index (χ2v) is 6.72. The average molecular weight is 305 g/mol. The molecule has 3 aliphatic rings. The van der Waals surface area contributed by atoms with E-state index in [1.165, 1.54) is 74.4 Å². The molecule has 2 heteroatoms. The van der Waals surface area contributed by atoms with Crippen LogP contribution in [0.5, 0.6) is 0 Å². The summed E-state index contributed by atoms with van der Waals surface area (Å²) in [5.41, 5.74) is 5.29. The average Bonchev–Trinajstić information content (AvgIpc) is 3.30. The normalized spacial score (nSPS) is 20.7. The van der Waals surface area contributed by atoms with Crippen LogP contribution in [0.15, 0.2) is 54.1 Å². The highest BCUT2D eigenvalue weighted by Crippen LogP contribution is 2.22. The van der Waals surface area contributed by atoms with E-state index in [4.69, 9.17) is 0 Å². The summed E-state index contributed by atoms with van der Waals surface area (Å²) in [6, 6.07) is 9.00. The van der Waals surface area contributed by atoms with Gasteiger partial charge in [0.15, 0.2) is 5.71 Å². The third-order valence-electron chi connectivity index (χ3n) is 5.06. The summed E-state index contributed by atoms with van der Waals surface area (Å²) < 4.78 is 2.48. The Bertz CT molecular complexity index is 657. The van der Waals surface area contributed by atoms with Crippen molar-refractivity contribution in [1.82, 2.24) is 0 Å². The summed E-state index contributed by atoms with van der Waals surface area (Å²) in [6.07, 6.45) is 16.6. The lowest BCUT2D eigenvalue weighted by Crippen LogP contribution is -2.17. The minimum Gasteiger partial charge on any atom is -0.372 e. The Morgan fingerprint density at radius 1 is 0.783 bits per heavy atom. The second kappa shape index (κ2) is 6.57. The van der Waals surface area contributed by atoms with Crippen molar-refractivity contribution in [2.75, 3.05) is 31.1 Å². The summed E-state index contributed by atoms with van der Waals surface area (Å²) in [6.45, 7) is 4.84. The van der Waals surface area contributed by atoms with Gasteiger partial charge in [-0.25, -0.2) is 4.58 Å². The number of hydrogen-bond donors (Lipinski definition) is 0. The first-order valence-corrected chi connectivity index (χ1v) is 8.93. The summed E-state index contributed by atoms with van der Waals surface area (Å²) in [7, 11) is 0. The lowest BCUT2D eigenvalue weighted by Gasteiger charge is -2.17. The van der Waals surface area contributed by atoms with Crippen molar-refractivity contribution in [1.29, 1.82) is 0 Å². The van der Waals surface area contributed by atoms with Gasteiger partial charge in [0, 0.05) is 43.8 Å². The summed E-state index contributed by atoms with van der Waals surface area (Å²) in [4.78, 5) is 2.48. The van der Waals surface area contributed by atoms with E-state index in [-0.39, 0.29) is 0 Å². The molecule has 1 aliphatic carbocycles. The van der Waals surface area contributed by atoms with Crippen LogP contribution in [-0.2, 0) is 0 Å². The second-order valence-electron chi connectivity index (χ2n) is 6.72. The molecule has 4 rings (SSSR count). The highest BCUT2D eigenvalue weighted by atomic mass is 15.1. The Labute approximate surface area is 139 Å². The first-order valence-electron chi connectivity index (χ1n) is 8.93. The van der Waals surface area contributed by atoms with Gasteiger partial charge < -0.3 is 4.90 Å². The van der Waals surface area contributed by atoms with Crippen LogP contribution in [0.2, 0.25) is 0 Å². The molecule has 0 saturated carbocycles. The zero-order valence-electron chi connectivity index (χ0n) is 13.7. The highest BCUT2D eigenvalue weighted by molar-refractivity contribution is 6.02. The lowest BCUT2D eigenvalue weighted by molar-refractivity contribution is -0.504. The molecule has 0 bridgehead atoms. The van der Waals surface area contributed by atoms with Gasteiger partial charge in [0.1, 0.15) is 13.1 Å². The Morgan fingerprint density at radius 3 is 2.09 bits per heavy atom. The largest absolute Gasteiger partial charge is 0.372 e. The standard InChI is InChI=1S/C21H25N2/c1-2-14-22(13-1)20-9-5-18(6-10-20)17-19-7-11-21(12-8-19)23-15-3-4-16-23/h5-12,17H,1-4,13-16H2/q+1.